The number of nitrogens with zero attached hydrogens (tertiary/aromatic N) is 1. The number of fused-ring (bicyclic) bond motifs is 1. The van der Waals surface area contributed by atoms with Gasteiger partial charge in [0, 0.05) is 18.9 Å². The number of anilines is 1. The number of carbonyl (C=O) groups excluding carboxylic acids is 1. The second-order valence-corrected chi connectivity index (χ2v) is 8.47. The Hall–Kier alpha value is -2.25. The average molecular weight is 410 g/mol. The Kier molecular flexibility index (Phi) is 5.62. The number of hydrogen-bond donors (Lipinski definition) is 0. The lowest BCUT2D eigenvalue weighted by Crippen LogP contribution is -2.30. The fourth-order valence-corrected chi connectivity index (χ4v) is 5.17. The van der Waals surface area contributed by atoms with Crippen LogP contribution in [0.2, 0.25) is 5.02 Å². The third-order valence-electron chi connectivity index (χ3n) is 4.67. The minimum atomic E-state index is -3.81. The van der Waals surface area contributed by atoms with Crippen LogP contribution < -0.4 is 13.8 Å². The zero-order valence-electron chi connectivity index (χ0n) is 15.0. The number of benzene rings is 2. The van der Waals surface area contributed by atoms with Gasteiger partial charge in [0.05, 0.1) is 29.8 Å². The van der Waals surface area contributed by atoms with Gasteiger partial charge in [-0.1, -0.05) is 11.6 Å². The second kappa shape index (κ2) is 7.78. The Morgan fingerprint density at radius 3 is 2.59 bits per heavy atom. The molecule has 1 aliphatic heterocycles. The number of sulfonamides is 1. The van der Waals surface area contributed by atoms with Gasteiger partial charge in [0.1, 0.15) is 17.8 Å². The second-order valence-electron chi connectivity index (χ2n) is 6.20. The highest BCUT2D eigenvalue weighted by Gasteiger charge is 2.36. The van der Waals surface area contributed by atoms with Crippen molar-refractivity contribution in [2.45, 2.75) is 23.7 Å². The van der Waals surface area contributed by atoms with Gasteiger partial charge in [0.2, 0.25) is 0 Å². The predicted molar refractivity (Wildman–Crippen MR) is 104 cm³/mol. The molecule has 0 amide bonds. The summed E-state index contributed by atoms with van der Waals surface area (Å²) in [5.74, 6) is 0.978. The number of aldehydes is 1. The summed E-state index contributed by atoms with van der Waals surface area (Å²) in [6, 6.07) is 9.69. The summed E-state index contributed by atoms with van der Waals surface area (Å²) >= 11 is 6.12. The van der Waals surface area contributed by atoms with Crippen molar-refractivity contribution in [3.05, 3.63) is 47.0 Å². The summed E-state index contributed by atoms with van der Waals surface area (Å²) in [4.78, 5) is 10.9. The molecule has 1 aliphatic rings. The first-order valence-electron chi connectivity index (χ1n) is 8.40. The van der Waals surface area contributed by atoms with Crippen LogP contribution in [0.15, 0.2) is 41.3 Å². The minimum Gasteiger partial charge on any atom is -0.497 e. The van der Waals surface area contributed by atoms with Crippen molar-refractivity contribution in [1.29, 1.82) is 0 Å². The molecule has 0 radical (unpaired) electrons. The highest BCUT2D eigenvalue weighted by molar-refractivity contribution is 7.92. The number of rotatable bonds is 7. The van der Waals surface area contributed by atoms with Gasteiger partial charge in [0.15, 0.2) is 0 Å². The van der Waals surface area contributed by atoms with Gasteiger partial charge in [-0.3, -0.25) is 4.31 Å². The van der Waals surface area contributed by atoms with Crippen LogP contribution in [0.25, 0.3) is 0 Å². The van der Waals surface area contributed by atoms with Crippen LogP contribution in [0.5, 0.6) is 11.5 Å². The van der Waals surface area contributed by atoms with Crippen molar-refractivity contribution in [3.63, 3.8) is 0 Å². The van der Waals surface area contributed by atoms with Crippen LogP contribution in [-0.4, -0.2) is 35.5 Å². The first kappa shape index (κ1) is 19.5. The maximum atomic E-state index is 13.2. The summed E-state index contributed by atoms with van der Waals surface area (Å²) in [5, 5.41) is 0.227. The molecular weight excluding hydrogens is 390 g/mol. The van der Waals surface area contributed by atoms with Crippen molar-refractivity contribution in [1.82, 2.24) is 0 Å². The van der Waals surface area contributed by atoms with Gasteiger partial charge in [-0.15, -0.1) is 0 Å². The Labute approximate surface area is 163 Å². The van der Waals surface area contributed by atoms with E-state index in [1.807, 2.05) is 6.07 Å². The maximum Gasteiger partial charge on any atom is 0.264 e. The lowest BCUT2D eigenvalue weighted by molar-refractivity contribution is -0.108. The summed E-state index contributed by atoms with van der Waals surface area (Å²) in [6.07, 6.45) is 1.78. The van der Waals surface area contributed by atoms with E-state index in [-0.39, 0.29) is 22.4 Å². The number of hydrogen-bond acceptors (Lipinski definition) is 5. The molecule has 1 heterocycles. The van der Waals surface area contributed by atoms with Crippen molar-refractivity contribution in [2.24, 2.45) is 0 Å². The fourth-order valence-electron chi connectivity index (χ4n) is 3.29. The number of halogens is 1. The average Bonchev–Trinajstić information content (AvgIpc) is 3.04. The number of ether oxygens (including phenoxy) is 2. The standard InChI is InChI=1S/C19H20ClNO5S/c1-25-14-5-7-18-16(10-14)13(4-3-9-22)12-21(18)27(23,24)15-6-8-19(26-2)17(20)11-15/h5-11,13H,3-4,12H2,1-2H3. The van der Waals surface area contributed by atoms with Gasteiger partial charge in [-0.05, 0) is 48.4 Å². The van der Waals surface area contributed by atoms with Crippen LogP contribution in [0.4, 0.5) is 5.69 Å². The lowest BCUT2D eigenvalue weighted by atomic mass is 9.96. The van der Waals surface area contributed by atoms with Crippen LogP contribution in [0, 0.1) is 0 Å². The van der Waals surface area contributed by atoms with E-state index in [1.54, 1.807) is 19.2 Å². The zero-order chi connectivity index (χ0) is 19.6. The van der Waals surface area contributed by atoms with Gasteiger partial charge < -0.3 is 14.3 Å². The van der Waals surface area contributed by atoms with E-state index in [0.29, 0.717) is 30.0 Å². The molecule has 0 aromatic heterocycles. The van der Waals surface area contributed by atoms with Crippen molar-refractivity contribution >= 4 is 33.6 Å². The van der Waals surface area contributed by atoms with Gasteiger partial charge >= 0.3 is 0 Å². The Balaban J connectivity index is 2.03. The van der Waals surface area contributed by atoms with Crippen molar-refractivity contribution < 1.29 is 22.7 Å². The number of carbonyl (C=O) groups is 1. The molecule has 0 N–H and O–H groups in total. The van der Waals surface area contributed by atoms with Gasteiger partial charge in [-0.2, -0.15) is 0 Å². The Morgan fingerprint density at radius 2 is 1.96 bits per heavy atom. The maximum absolute atomic E-state index is 13.2. The molecule has 6 nitrogen and oxygen atoms in total. The molecule has 144 valence electrons. The zero-order valence-corrected chi connectivity index (χ0v) is 16.6. The molecular formula is C19H20ClNO5S. The molecule has 0 saturated heterocycles. The first-order valence-corrected chi connectivity index (χ1v) is 10.2. The van der Waals surface area contributed by atoms with Crippen molar-refractivity contribution in [2.75, 3.05) is 25.1 Å². The van der Waals surface area contributed by atoms with Crippen molar-refractivity contribution in [3.8, 4) is 11.5 Å². The lowest BCUT2D eigenvalue weighted by Gasteiger charge is -2.20. The molecule has 3 rings (SSSR count). The molecule has 0 bridgehead atoms. The summed E-state index contributed by atoms with van der Waals surface area (Å²) < 4.78 is 38.2. The molecule has 27 heavy (non-hydrogen) atoms. The smallest absolute Gasteiger partial charge is 0.264 e. The molecule has 0 fully saturated rings. The summed E-state index contributed by atoms with van der Waals surface area (Å²) in [7, 11) is -0.783. The van der Waals surface area contributed by atoms with Crippen LogP contribution in [-0.2, 0) is 14.8 Å². The normalized spacial score (nSPS) is 16.1. The third kappa shape index (κ3) is 3.61. The highest BCUT2D eigenvalue weighted by Crippen LogP contribution is 2.43. The van der Waals surface area contributed by atoms with Crippen LogP contribution in [0.3, 0.4) is 0 Å². The molecule has 8 heteroatoms. The van der Waals surface area contributed by atoms with E-state index >= 15 is 0 Å². The van der Waals surface area contributed by atoms with E-state index < -0.39 is 10.0 Å². The Morgan fingerprint density at radius 1 is 1.19 bits per heavy atom. The first-order chi connectivity index (χ1) is 12.9. The van der Waals surface area contributed by atoms with E-state index in [9.17, 15) is 13.2 Å². The largest absolute Gasteiger partial charge is 0.497 e. The van der Waals surface area contributed by atoms with Crippen LogP contribution in [0.1, 0.15) is 24.3 Å². The molecule has 1 atom stereocenters. The predicted octanol–water partition coefficient (Wildman–Crippen LogP) is 3.63. The number of methoxy groups -OCH3 is 2. The summed E-state index contributed by atoms with van der Waals surface area (Å²) in [5.41, 5.74) is 1.46. The van der Waals surface area contributed by atoms with E-state index in [1.165, 1.54) is 29.6 Å². The molecule has 2 aromatic carbocycles. The minimum absolute atomic E-state index is 0.0798. The molecule has 0 aliphatic carbocycles. The fraction of sp³-hybridized carbons (Fsp3) is 0.316. The quantitative estimate of drug-likeness (QED) is 0.653. The topological polar surface area (TPSA) is 72.9 Å². The molecule has 1 unspecified atom stereocenters. The van der Waals surface area contributed by atoms with E-state index in [2.05, 4.69) is 0 Å². The monoisotopic (exact) mass is 409 g/mol. The van der Waals surface area contributed by atoms with Gasteiger partial charge in [0.25, 0.3) is 10.0 Å². The van der Waals surface area contributed by atoms with E-state index in [0.717, 1.165) is 11.8 Å². The molecule has 2 aromatic rings. The summed E-state index contributed by atoms with van der Waals surface area (Å²) in [6.45, 7) is 0.266. The molecule has 0 saturated carbocycles. The highest BCUT2D eigenvalue weighted by atomic mass is 35.5. The third-order valence-corrected chi connectivity index (χ3v) is 6.74. The SMILES string of the molecule is COc1ccc2c(c1)C(CCC=O)CN2S(=O)(=O)c1ccc(OC)c(Cl)c1. The van der Waals surface area contributed by atoms with Crippen LogP contribution >= 0.6 is 11.6 Å². The van der Waals surface area contributed by atoms with Gasteiger partial charge in [-0.25, -0.2) is 8.42 Å². The Bertz CT molecular complexity index is 961. The molecule has 0 spiro atoms. The van der Waals surface area contributed by atoms with E-state index in [4.69, 9.17) is 21.1 Å².